The number of benzene rings is 1. The zero-order valence-electron chi connectivity index (χ0n) is 7.87. The lowest BCUT2D eigenvalue weighted by Gasteiger charge is -2.12. The molecular weight excluding hydrogens is 229 g/mol. The van der Waals surface area contributed by atoms with Gasteiger partial charge in [0.05, 0.1) is 0 Å². The average molecular weight is 237 g/mol. The van der Waals surface area contributed by atoms with Gasteiger partial charge in [0.25, 0.3) is 12.9 Å². The smallest absolute Gasteiger partial charge is 0.423 e. The highest BCUT2D eigenvalue weighted by molar-refractivity contribution is 6.59. The first kappa shape index (κ1) is 12.8. The molecule has 8 heteroatoms. The van der Waals surface area contributed by atoms with Crippen molar-refractivity contribution in [3.8, 4) is 0 Å². The van der Waals surface area contributed by atoms with E-state index in [-0.39, 0.29) is 0 Å². The molecule has 0 atom stereocenters. The fourth-order valence-corrected chi connectivity index (χ4v) is 1.27. The number of rotatable bonds is 3. The van der Waals surface area contributed by atoms with Gasteiger partial charge < -0.3 is 15.8 Å². The molecule has 0 heterocycles. The summed E-state index contributed by atoms with van der Waals surface area (Å²) in [5, 5.41) is 17.6. The molecule has 3 nitrogen and oxygen atoms in total. The Morgan fingerprint density at radius 2 is 1.50 bits per heavy atom. The van der Waals surface area contributed by atoms with Crippen LogP contribution in [0, 0.1) is 0 Å². The summed E-state index contributed by atoms with van der Waals surface area (Å²) in [6.45, 7) is 0. The van der Waals surface area contributed by atoms with E-state index in [0.717, 1.165) is 0 Å². The zero-order valence-corrected chi connectivity index (χ0v) is 7.87. The van der Waals surface area contributed by atoms with Gasteiger partial charge in [-0.05, 0) is 17.6 Å². The van der Waals surface area contributed by atoms with Gasteiger partial charge in [0.1, 0.15) is 0 Å². The van der Waals surface area contributed by atoms with Crippen molar-refractivity contribution >= 4 is 18.3 Å². The van der Waals surface area contributed by atoms with Crippen LogP contribution in [-0.2, 0) is 0 Å². The van der Waals surface area contributed by atoms with Gasteiger partial charge in [-0.1, -0.05) is 0 Å². The van der Waals surface area contributed by atoms with Crippen LogP contribution < -0.4 is 11.2 Å². The van der Waals surface area contributed by atoms with E-state index in [0.29, 0.717) is 12.1 Å². The van der Waals surface area contributed by atoms with E-state index < -0.39 is 42.2 Å². The summed E-state index contributed by atoms with van der Waals surface area (Å²) in [4.78, 5) is 0. The Balaban J connectivity index is 3.37. The van der Waals surface area contributed by atoms with Crippen molar-refractivity contribution in [1.29, 1.82) is 0 Å². The summed E-state index contributed by atoms with van der Waals surface area (Å²) in [5.41, 5.74) is 2.54. The van der Waals surface area contributed by atoms with Gasteiger partial charge in [0.15, 0.2) is 0 Å². The lowest BCUT2D eigenvalue weighted by molar-refractivity contribution is 0.145. The summed E-state index contributed by atoms with van der Waals surface area (Å²) >= 11 is 0. The zero-order chi connectivity index (χ0) is 12.5. The van der Waals surface area contributed by atoms with Crippen LogP contribution >= 0.6 is 0 Å². The molecule has 0 fully saturated rings. The van der Waals surface area contributed by atoms with Gasteiger partial charge in [-0.3, -0.25) is 0 Å². The van der Waals surface area contributed by atoms with Crippen molar-refractivity contribution < 1.29 is 27.6 Å². The minimum atomic E-state index is -3.09. The normalized spacial score (nSPS) is 11.2. The molecule has 1 rings (SSSR count). The summed E-state index contributed by atoms with van der Waals surface area (Å²) in [5.74, 6) is 0. The van der Waals surface area contributed by atoms with Crippen LogP contribution in [0.3, 0.4) is 0 Å². The highest BCUT2D eigenvalue weighted by Crippen LogP contribution is 2.28. The molecule has 1 aromatic carbocycles. The van der Waals surface area contributed by atoms with E-state index in [9.17, 15) is 17.6 Å². The molecule has 1 aromatic rings. The number of nitrogens with two attached hydrogens (primary N) is 1. The summed E-state index contributed by atoms with van der Waals surface area (Å²) in [6, 6.07) is 1.20. The Morgan fingerprint density at radius 1 is 1.00 bits per heavy atom. The van der Waals surface area contributed by atoms with Crippen LogP contribution in [0.25, 0.3) is 0 Å². The van der Waals surface area contributed by atoms with E-state index in [1.807, 2.05) is 0 Å². The molecule has 0 aliphatic rings. The fourth-order valence-electron chi connectivity index (χ4n) is 1.27. The Hall–Kier alpha value is -1.28. The second-order valence-electron chi connectivity index (χ2n) is 3.09. The third-order valence-electron chi connectivity index (χ3n) is 2.04. The maximum atomic E-state index is 12.5. The van der Waals surface area contributed by atoms with Crippen molar-refractivity contribution in [1.82, 2.24) is 0 Å². The van der Waals surface area contributed by atoms with Crippen molar-refractivity contribution in [2.24, 2.45) is 0 Å². The largest absolute Gasteiger partial charge is 0.488 e. The second kappa shape index (κ2) is 4.71. The molecule has 0 saturated heterocycles. The molecule has 0 radical (unpaired) electrons. The predicted molar refractivity (Wildman–Crippen MR) is 50.6 cm³/mol. The highest BCUT2D eigenvalue weighted by Gasteiger charge is 2.25. The molecule has 0 aliphatic carbocycles. The molecule has 0 bridgehead atoms. The molecule has 0 unspecified atom stereocenters. The number of hydrogen-bond acceptors (Lipinski definition) is 3. The average Bonchev–Trinajstić information content (AvgIpc) is 2.15. The SMILES string of the molecule is Nc1cc(B(O)O)c(C(F)F)cc1C(F)F. The number of hydrogen-bond donors (Lipinski definition) is 3. The van der Waals surface area contributed by atoms with E-state index in [1.165, 1.54) is 0 Å². The third-order valence-corrected chi connectivity index (χ3v) is 2.04. The third kappa shape index (κ3) is 2.45. The van der Waals surface area contributed by atoms with Crippen LogP contribution in [0.5, 0.6) is 0 Å². The first-order chi connectivity index (χ1) is 7.34. The van der Waals surface area contributed by atoms with Crippen molar-refractivity contribution in [3.63, 3.8) is 0 Å². The monoisotopic (exact) mass is 237 g/mol. The van der Waals surface area contributed by atoms with Crippen molar-refractivity contribution in [3.05, 3.63) is 23.3 Å². The maximum absolute atomic E-state index is 12.5. The van der Waals surface area contributed by atoms with E-state index in [2.05, 4.69) is 0 Å². The van der Waals surface area contributed by atoms with Gasteiger partial charge in [0, 0.05) is 16.8 Å². The Bertz CT molecular complexity index is 387. The lowest BCUT2D eigenvalue weighted by Crippen LogP contribution is -2.34. The molecule has 4 N–H and O–H groups in total. The van der Waals surface area contributed by atoms with Crippen LogP contribution in [0.1, 0.15) is 24.0 Å². The maximum Gasteiger partial charge on any atom is 0.488 e. The van der Waals surface area contributed by atoms with Crippen molar-refractivity contribution in [2.45, 2.75) is 12.9 Å². The standard InChI is InChI=1S/C8H8BF4NO2/c10-7(11)3-1-4(8(12)13)6(14)2-5(3)9(15)16/h1-2,7-8,15-16H,14H2. The lowest BCUT2D eigenvalue weighted by atomic mass is 9.76. The van der Waals surface area contributed by atoms with Crippen LogP contribution in [0.15, 0.2) is 12.1 Å². The van der Waals surface area contributed by atoms with Crippen molar-refractivity contribution in [2.75, 3.05) is 5.73 Å². The summed E-state index contributed by atoms with van der Waals surface area (Å²) in [6.07, 6.45) is -6.09. The number of halogens is 4. The molecule has 16 heavy (non-hydrogen) atoms. The van der Waals surface area contributed by atoms with Gasteiger partial charge in [0.2, 0.25) is 0 Å². The molecule has 0 amide bonds. The van der Waals surface area contributed by atoms with Crippen LogP contribution in [0.2, 0.25) is 0 Å². The van der Waals surface area contributed by atoms with Gasteiger partial charge >= 0.3 is 7.12 Å². The molecule has 0 aliphatic heterocycles. The molecule has 88 valence electrons. The number of anilines is 1. The summed E-state index contributed by atoms with van der Waals surface area (Å²) < 4.78 is 49.6. The minimum Gasteiger partial charge on any atom is -0.423 e. The topological polar surface area (TPSA) is 66.5 Å². The molecule has 0 spiro atoms. The number of alkyl halides is 4. The second-order valence-corrected chi connectivity index (χ2v) is 3.09. The first-order valence-electron chi connectivity index (χ1n) is 4.20. The minimum absolute atomic E-state index is 0.456. The predicted octanol–water partition coefficient (Wildman–Crippen LogP) is 0.824. The molecule has 0 aromatic heterocycles. The van der Waals surface area contributed by atoms with E-state index in [1.54, 1.807) is 0 Å². The Kier molecular flexibility index (Phi) is 3.76. The quantitative estimate of drug-likeness (QED) is 0.414. The van der Waals surface area contributed by atoms with Crippen LogP contribution in [-0.4, -0.2) is 17.2 Å². The first-order valence-corrected chi connectivity index (χ1v) is 4.20. The van der Waals surface area contributed by atoms with Gasteiger partial charge in [-0.2, -0.15) is 0 Å². The van der Waals surface area contributed by atoms with Crippen LogP contribution in [0.4, 0.5) is 23.2 Å². The highest BCUT2D eigenvalue weighted by atomic mass is 19.3. The van der Waals surface area contributed by atoms with Gasteiger partial charge in [-0.15, -0.1) is 0 Å². The summed E-state index contributed by atoms with van der Waals surface area (Å²) in [7, 11) is -2.18. The molecular formula is C8H8BF4NO2. The van der Waals surface area contributed by atoms with E-state index in [4.69, 9.17) is 15.8 Å². The number of nitrogen functional groups attached to an aromatic ring is 1. The van der Waals surface area contributed by atoms with Gasteiger partial charge in [-0.25, -0.2) is 17.6 Å². The fraction of sp³-hybridized carbons (Fsp3) is 0.250. The van der Waals surface area contributed by atoms with E-state index >= 15 is 0 Å². The Morgan fingerprint density at radius 3 is 1.88 bits per heavy atom. The Labute approximate surface area is 88.6 Å². The molecule has 0 saturated carbocycles.